The van der Waals surface area contributed by atoms with E-state index in [4.69, 9.17) is 0 Å². The number of hydrogen-bond donors (Lipinski definition) is 1. The van der Waals surface area contributed by atoms with E-state index in [1.807, 2.05) is 24.5 Å². The van der Waals surface area contributed by atoms with Crippen molar-refractivity contribution in [1.82, 2.24) is 9.97 Å². The molecule has 0 saturated carbocycles. The van der Waals surface area contributed by atoms with Crippen molar-refractivity contribution in [2.75, 3.05) is 11.6 Å². The van der Waals surface area contributed by atoms with Gasteiger partial charge in [0.05, 0.1) is 5.69 Å². The lowest BCUT2D eigenvalue weighted by atomic mass is 9.86. The van der Waals surface area contributed by atoms with Crippen LogP contribution in [0.5, 0.6) is 0 Å². The average molecular weight is 403 g/mol. The Kier molecular flexibility index (Phi) is 5.95. The van der Waals surface area contributed by atoms with E-state index in [2.05, 4.69) is 80.2 Å². The third-order valence-corrected chi connectivity index (χ3v) is 5.52. The monoisotopic (exact) mass is 402 g/mol. The number of nitriles is 1. The molecule has 2 aromatic carbocycles. The Bertz CT molecular complexity index is 1070. The van der Waals surface area contributed by atoms with Crippen LogP contribution in [0.1, 0.15) is 43.0 Å². The van der Waals surface area contributed by atoms with Crippen LogP contribution >= 0.6 is 11.8 Å². The Morgan fingerprint density at radius 3 is 2.21 bits per heavy atom. The summed E-state index contributed by atoms with van der Waals surface area (Å²) >= 11 is 1.46. The molecule has 0 aliphatic carbocycles. The molecule has 4 nitrogen and oxygen atoms in total. The van der Waals surface area contributed by atoms with Gasteiger partial charge in [-0.1, -0.05) is 62.9 Å². The van der Waals surface area contributed by atoms with E-state index in [1.54, 1.807) is 0 Å². The molecule has 0 fully saturated rings. The number of anilines is 2. The van der Waals surface area contributed by atoms with Crippen LogP contribution in [-0.4, -0.2) is 16.2 Å². The maximum Gasteiger partial charge on any atom is 0.189 e. The second-order valence-electron chi connectivity index (χ2n) is 8.15. The highest BCUT2D eigenvalue weighted by atomic mass is 32.2. The number of thioether (sulfide) groups is 1. The summed E-state index contributed by atoms with van der Waals surface area (Å²) in [5.41, 5.74) is 6.65. The van der Waals surface area contributed by atoms with Crippen molar-refractivity contribution < 1.29 is 0 Å². The molecule has 0 bridgehead atoms. The molecule has 1 aromatic heterocycles. The fourth-order valence-corrected chi connectivity index (χ4v) is 3.39. The molecule has 1 heterocycles. The summed E-state index contributed by atoms with van der Waals surface area (Å²) in [5, 5.41) is 13.9. The molecule has 5 heteroatoms. The van der Waals surface area contributed by atoms with Gasteiger partial charge in [-0.3, -0.25) is 0 Å². The standard InChI is InChI=1S/C24H26N4S/c1-15-7-12-19(13-16(15)2)26-22-20(14-25)21(27-23(28-22)29-6)17-8-10-18(11-9-17)24(3,4)5/h7-13H,1-6H3,(H,26,27,28). The van der Waals surface area contributed by atoms with Crippen molar-refractivity contribution in [3.8, 4) is 17.3 Å². The molecular formula is C24H26N4S. The molecule has 148 valence electrons. The van der Waals surface area contributed by atoms with E-state index < -0.39 is 0 Å². The van der Waals surface area contributed by atoms with Gasteiger partial charge in [-0.25, -0.2) is 9.97 Å². The first-order valence-corrected chi connectivity index (χ1v) is 10.8. The predicted molar refractivity (Wildman–Crippen MR) is 122 cm³/mol. The number of nitrogens with zero attached hydrogens (tertiary/aromatic N) is 3. The van der Waals surface area contributed by atoms with Crippen molar-refractivity contribution in [1.29, 1.82) is 5.26 Å². The summed E-state index contributed by atoms with van der Waals surface area (Å²) in [7, 11) is 0. The first-order chi connectivity index (χ1) is 13.7. The Morgan fingerprint density at radius 2 is 1.66 bits per heavy atom. The second kappa shape index (κ2) is 8.26. The highest BCUT2D eigenvalue weighted by molar-refractivity contribution is 7.98. The zero-order chi connectivity index (χ0) is 21.2. The van der Waals surface area contributed by atoms with Gasteiger partial charge < -0.3 is 5.32 Å². The first-order valence-electron chi connectivity index (χ1n) is 9.54. The molecule has 0 spiro atoms. The van der Waals surface area contributed by atoms with Gasteiger partial charge in [0.25, 0.3) is 0 Å². The summed E-state index contributed by atoms with van der Waals surface area (Å²) in [6, 6.07) is 16.7. The quantitative estimate of drug-likeness (QED) is 0.404. The molecule has 3 aromatic rings. The van der Waals surface area contributed by atoms with Crippen LogP contribution in [0.25, 0.3) is 11.3 Å². The minimum Gasteiger partial charge on any atom is -0.339 e. The van der Waals surface area contributed by atoms with Gasteiger partial charge in [-0.2, -0.15) is 5.26 Å². The third-order valence-electron chi connectivity index (χ3n) is 4.98. The molecule has 1 N–H and O–H groups in total. The molecule has 0 atom stereocenters. The topological polar surface area (TPSA) is 61.6 Å². The van der Waals surface area contributed by atoms with E-state index in [0.29, 0.717) is 22.2 Å². The fourth-order valence-electron chi connectivity index (χ4n) is 3.02. The number of aromatic nitrogens is 2. The van der Waals surface area contributed by atoms with Gasteiger partial charge in [0.1, 0.15) is 11.6 Å². The molecular weight excluding hydrogens is 376 g/mol. The number of hydrogen-bond acceptors (Lipinski definition) is 5. The lowest BCUT2D eigenvalue weighted by Crippen LogP contribution is -2.10. The predicted octanol–water partition coefficient (Wildman–Crippen LogP) is 6.40. The summed E-state index contributed by atoms with van der Waals surface area (Å²) in [6.07, 6.45) is 1.94. The lowest BCUT2D eigenvalue weighted by molar-refractivity contribution is 0.590. The van der Waals surface area contributed by atoms with Crippen molar-refractivity contribution in [2.45, 2.75) is 45.2 Å². The van der Waals surface area contributed by atoms with Crippen molar-refractivity contribution in [3.63, 3.8) is 0 Å². The third kappa shape index (κ3) is 4.60. The zero-order valence-electron chi connectivity index (χ0n) is 17.8. The Hall–Kier alpha value is -2.84. The van der Waals surface area contributed by atoms with Crippen LogP contribution < -0.4 is 5.32 Å². The summed E-state index contributed by atoms with van der Waals surface area (Å²) in [4.78, 5) is 9.22. The van der Waals surface area contributed by atoms with E-state index in [0.717, 1.165) is 11.3 Å². The van der Waals surface area contributed by atoms with Crippen molar-refractivity contribution in [2.24, 2.45) is 0 Å². The molecule has 0 radical (unpaired) electrons. The lowest BCUT2D eigenvalue weighted by Gasteiger charge is -2.19. The van der Waals surface area contributed by atoms with Gasteiger partial charge in [0.15, 0.2) is 11.0 Å². The van der Waals surface area contributed by atoms with Crippen molar-refractivity contribution in [3.05, 3.63) is 64.7 Å². The van der Waals surface area contributed by atoms with Crippen LogP contribution in [0.2, 0.25) is 0 Å². The van der Waals surface area contributed by atoms with E-state index in [9.17, 15) is 5.26 Å². The highest BCUT2D eigenvalue weighted by Gasteiger charge is 2.18. The highest BCUT2D eigenvalue weighted by Crippen LogP contribution is 2.32. The van der Waals surface area contributed by atoms with Crippen LogP contribution in [0.3, 0.4) is 0 Å². The molecule has 0 amide bonds. The molecule has 0 unspecified atom stereocenters. The number of aryl methyl sites for hydroxylation is 2. The van der Waals surface area contributed by atoms with Crippen molar-refractivity contribution >= 4 is 23.3 Å². The van der Waals surface area contributed by atoms with Crippen LogP contribution in [0, 0.1) is 25.2 Å². The molecule has 0 aliphatic heterocycles. The fraction of sp³-hybridized carbons (Fsp3) is 0.292. The van der Waals surface area contributed by atoms with Crippen LogP contribution in [0.15, 0.2) is 47.6 Å². The Labute approximate surface area is 177 Å². The van der Waals surface area contributed by atoms with E-state index in [-0.39, 0.29) is 5.41 Å². The van der Waals surface area contributed by atoms with Crippen LogP contribution in [-0.2, 0) is 5.41 Å². The molecule has 0 aliphatic rings. The summed E-state index contributed by atoms with van der Waals surface area (Å²) < 4.78 is 0. The maximum atomic E-state index is 9.91. The average Bonchev–Trinajstić information content (AvgIpc) is 2.69. The number of nitrogens with one attached hydrogen (secondary N) is 1. The smallest absolute Gasteiger partial charge is 0.189 e. The number of benzene rings is 2. The van der Waals surface area contributed by atoms with Gasteiger partial charge in [-0.15, -0.1) is 0 Å². The minimum absolute atomic E-state index is 0.0721. The minimum atomic E-state index is 0.0721. The van der Waals surface area contributed by atoms with Gasteiger partial charge >= 0.3 is 0 Å². The normalized spacial score (nSPS) is 11.2. The number of rotatable bonds is 4. The SMILES string of the molecule is CSc1nc(Nc2ccc(C)c(C)c2)c(C#N)c(-c2ccc(C(C)(C)C)cc2)n1. The van der Waals surface area contributed by atoms with Crippen LogP contribution in [0.4, 0.5) is 11.5 Å². The second-order valence-corrected chi connectivity index (χ2v) is 8.92. The van der Waals surface area contributed by atoms with Gasteiger partial charge in [0, 0.05) is 11.3 Å². The van der Waals surface area contributed by atoms with Gasteiger partial charge in [-0.05, 0) is 54.3 Å². The maximum absolute atomic E-state index is 9.91. The molecule has 3 rings (SSSR count). The van der Waals surface area contributed by atoms with Gasteiger partial charge in [0.2, 0.25) is 0 Å². The van der Waals surface area contributed by atoms with E-state index >= 15 is 0 Å². The summed E-state index contributed by atoms with van der Waals surface area (Å²) in [6.45, 7) is 10.7. The summed E-state index contributed by atoms with van der Waals surface area (Å²) in [5.74, 6) is 0.532. The first kappa shape index (κ1) is 20.9. The Morgan fingerprint density at radius 1 is 0.966 bits per heavy atom. The Balaban J connectivity index is 2.09. The zero-order valence-corrected chi connectivity index (χ0v) is 18.6. The van der Waals surface area contributed by atoms with E-state index in [1.165, 1.54) is 28.5 Å². The molecule has 29 heavy (non-hydrogen) atoms. The molecule has 0 saturated heterocycles. The largest absolute Gasteiger partial charge is 0.339 e.